The first kappa shape index (κ1) is 28.8. The number of nitrogens with one attached hydrogen (secondary N) is 1. The van der Waals surface area contributed by atoms with Gasteiger partial charge in [-0.1, -0.05) is 45.0 Å². The van der Waals surface area contributed by atoms with Crippen molar-refractivity contribution in [3.63, 3.8) is 0 Å². The van der Waals surface area contributed by atoms with Crippen molar-refractivity contribution in [1.82, 2.24) is 15.1 Å². The van der Waals surface area contributed by atoms with Crippen LogP contribution in [0.2, 0.25) is 0 Å². The van der Waals surface area contributed by atoms with Crippen molar-refractivity contribution in [2.24, 2.45) is 0 Å². The lowest BCUT2D eigenvalue weighted by Crippen LogP contribution is -2.42. The second-order valence-electron chi connectivity index (χ2n) is 10.9. The second kappa shape index (κ2) is 11.9. The standard InChI is InChI=1S/C30H37FN4O3S/c1-19-9-7-10-23(20(19)2)35-29-26(28(33-35)30(3,4)5)27(21-11-13-22(31)14-12-21)39-18-25(37)34(29)17-24(36)32-15-8-16-38-6/h7,9-14,27H,8,15-18H2,1-6H3,(H,32,36)/t27-/m1/s1. The first-order chi connectivity index (χ1) is 18.5. The van der Waals surface area contributed by atoms with Gasteiger partial charge < -0.3 is 10.1 Å². The van der Waals surface area contributed by atoms with Crippen molar-refractivity contribution in [2.75, 3.05) is 37.5 Å². The minimum Gasteiger partial charge on any atom is -0.385 e. The van der Waals surface area contributed by atoms with E-state index in [9.17, 15) is 14.0 Å². The van der Waals surface area contributed by atoms with Gasteiger partial charge in [-0.2, -0.15) is 5.10 Å². The average Bonchev–Trinajstić information content (AvgIpc) is 3.22. The first-order valence-electron chi connectivity index (χ1n) is 13.2. The maximum Gasteiger partial charge on any atom is 0.240 e. The number of rotatable bonds is 8. The van der Waals surface area contributed by atoms with E-state index >= 15 is 0 Å². The number of halogens is 1. The molecule has 2 aromatic carbocycles. The minimum atomic E-state index is -0.368. The third-order valence-corrected chi connectivity index (χ3v) is 8.18. The zero-order chi connectivity index (χ0) is 28.3. The summed E-state index contributed by atoms with van der Waals surface area (Å²) in [7, 11) is 1.62. The molecular weight excluding hydrogens is 515 g/mol. The lowest BCUT2D eigenvalue weighted by atomic mass is 9.87. The van der Waals surface area contributed by atoms with E-state index in [1.54, 1.807) is 24.1 Å². The highest BCUT2D eigenvalue weighted by Gasteiger charge is 2.40. The van der Waals surface area contributed by atoms with Gasteiger partial charge in [0.2, 0.25) is 11.8 Å². The van der Waals surface area contributed by atoms with Gasteiger partial charge in [0.15, 0.2) is 0 Å². The zero-order valence-electron chi connectivity index (χ0n) is 23.5. The van der Waals surface area contributed by atoms with Gasteiger partial charge in [0.25, 0.3) is 0 Å². The average molecular weight is 553 g/mol. The lowest BCUT2D eigenvalue weighted by molar-refractivity contribution is -0.122. The molecule has 208 valence electrons. The molecule has 0 unspecified atom stereocenters. The highest BCUT2D eigenvalue weighted by Crippen LogP contribution is 2.48. The maximum absolute atomic E-state index is 13.9. The monoisotopic (exact) mass is 552 g/mol. The summed E-state index contributed by atoms with van der Waals surface area (Å²) in [5.74, 6) is 0.0170. The summed E-state index contributed by atoms with van der Waals surface area (Å²) in [6.07, 6.45) is 0.679. The second-order valence-corrected chi connectivity index (χ2v) is 12.0. The fourth-order valence-corrected chi connectivity index (χ4v) is 5.95. The number of nitrogens with zero attached hydrogens (tertiary/aromatic N) is 3. The van der Waals surface area contributed by atoms with Crippen LogP contribution in [0.25, 0.3) is 5.69 Å². The Balaban J connectivity index is 1.94. The van der Waals surface area contributed by atoms with Crippen molar-refractivity contribution < 1.29 is 18.7 Å². The zero-order valence-corrected chi connectivity index (χ0v) is 24.3. The van der Waals surface area contributed by atoms with Crippen molar-refractivity contribution in [3.8, 4) is 5.69 Å². The van der Waals surface area contributed by atoms with Crippen LogP contribution in [0.15, 0.2) is 42.5 Å². The van der Waals surface area contributed by atoms with Crippen LogP contribution >= 0.6 is 11.8 Å². The van der Waals surface area contributed by atoms with Gasteiger partial charge in [-0.25, -0.2) is 9.07 Å². The van der Waals surface area contributed by atoms with E-state index in [2.05, 4.69) is 26.1 Å². The fraction of sp³-hybridized carbons (Fsp3) is 0.433. The Morgan fingerprint density at radius 1 is 1.18 bits per heavy atom. The Labute approximate surface area is 234 Å². The van der Waals surface area contributed by atoms with E-state index < -0.39 is 0 Å². The Morgan fingerprint density at radius 3 is 2.56 bits per heavy atom. The van der Waals surface area contributed by atoms with E-state index in [0.717, 1.165) is 33.6 Å². The number of methoxy groups -OCH3 is 1. The summed E-state index contributed by atoms with van der Waals surface area (Å²) in [5.41, 5.74) is 5.21. The van der Waals surface area contributed by atoms with E-state index in [1.165, 1.54) is 23.9 Å². The molecule has 4 rings (SSSR count). The molecule has 3 aromatic rings. The molecule has 2 amide bonds. The highest BCUT2D eigenvalue weighted by molar-refractivity contribution is 8.00. The number of ether oxygens (including phenoxy) is 1. The topological polar surface area (TPSA) is 76.5 Å². The third-order valence-electron chi connectivity index (χ3n) is 6.93. The number of amides is 2. The largest absolute Gasteiger partial charge is 0.385 e. The molecule has 1 aliphatic rings. The molecule has 1 aliphatic heterocycles. The van der Waals surface area contributed by atoms with Crippen molar-refractivity contribution >= 4 is 29.4 Å². The van der Waals surface area contributed by atoms with Gasteiger partial charge in [-0.05, 0) is 55.2 Å². The van der Waals surface area contributed by atoms with Gasteiger partial charge in [0, 0.05) is 31.2 Å². The Kier molecular flexibility index (Phi) is 8.81. The number of anilines is 1. The lowest BCUT2D eigenvalue weighted by Gasteiger charge is -2.25. The van der Waals surface area contributed by atoms with Crippen LogP contribution in [-0.2, 0) is 19.7 Å². The molecule has 0 saturated carbocycles. The van der Waals surface area contributed by atoms with Crippen molar-refractivity contribution in [2.45, 2.75) is 51.7 Å². The molecule has 0 aliphatic carbocycles. The number of thioether (sulfide) groups is 1. The molecular formula is C30H37FN4O3S. The van der Waals surface area contributed by atoms with Crippen molar-refractivity contribution in [1.29, 1.82) is 0 Å². The SMILES string of the molecule is COCCCNC(=O)CN1C(=O)CS[C@H](c2ccc(F)cc2)c2c(C(C)(C)C)nn(-c3cccc(C)c3C)c21. The quantitative estimate of drug-likeness (QED) is 0.387. The van der Waals surface area contributed by atoms with Gasteiger partial charge in [0.1, 0.15) is 18.2 Å². The molecule has 1 atom stereocenters. The summed E-state index contributed by atoms with van der Waals surface area (Å²) in [4.78, 5) is 28.4. The minimum absolute atomic E-state index is 0.129. The molecule has 0 spiro atoms. The van der Waals surface area contributed by atoms with E-state index in [0.29, 0.717) is 25.4 Å². The van der Waals surface area contributed by atoms with Gasteiger partial charge in [-0.3, -0.25) is 14.5 Å². The van der Waals surface area contributed by atoms with E-state index in [4.69, 9.17) is 9.84 Å². The third kappa shape index (κ3) is 6.20. The van der Waals surface area contributed by atoms with Crippen LogP contribution in [-0.4, -0.2) is 54.2 Å². The summed E-state index contributed by atoms with van der Waals surface area (Å²) < 4.78 is 20.8. The maximum atomic E-state index is 13.9. The molecule has 0 bridgehead atoms. The molecule has 9 heteroatoms. The van der Waals surface area contributed by atoms with Crippen LogP contribution in [0.3, 0.4) is 0 Å². The molecule has 39 heavy (non-hydrogen) atoms. The van der Waals surface area contributed by atoms with Crippen LogP contribution < -0.4 is 10.2 Å². The van der Waals surface area contributed by atoms with Crippen LogP contribution in [0, 0.1) is 19.7 Å². The van der Waals surface area contributed by atoms with E-state index in [1.807, 2.05) is 36.7 Å². The number of hydrogen-bond acceptors (Lipinski definition) is 5. The molecule has 0 saturated heterocycles. The molecule has 2 heterocycles. The van der Waals surface area contributed by atoms with Crippen molar-refractivity contribution in [3.05, 3.63) is 76.2 Å². The smallest absolute Gasteiger partial charge is 0.240 e. The number of fused-ring (bicyclic) bond motifs is 1. The van der Waals surface area contributed by atoms with Crippen LogP contribution in [0.1, 0.15) is 60.4 Å². The van der Waals surface area contributed by atoms with Crippen LogP contribution in [0.5, 0.6) is 0 Å². The fourth-order valence-electron chi connectivity index (χ4n) is 4.75. The van der Waals surface area contributed by atoms with Gasteiger partial charge in [-0.15, -0.1) is 11.8 Å². The molecule has 1 aromatic heterocycles. The normalized spacial score (nSPS) is 15.7. The summed E-state index contributed by atoms with van der Waals surface area (Å²) in [6, 6.07) is 12.4. The predicted octanol–water partition coefficient (Wildman–Crippen LogP) is 5.25. The van der Waals surface area contributed by atoms with Gasteiger partial charge in [0.05, 0.1) is 22.4 Å². The Hall–Kier alpha value is -3.17. The van der Waals surface area contributed by atoms with Gasteiger partial charge >= 0.3 is 0 Å². The predicted molar refractivity (Wildman–Crippen MR) is 154 cm³/mol. The van der Waals surface area contributed by atoms with E-state index in [-0.39, 0.29) is 40.6 Å². The summed E-state index contributed by atoms with van der Waals surface area (Å²) >= 11 is 1.48. The number of hydrogen-bond donors (Lipinski definition) is 1. The van der Waals surface area contributed by atoms with Crippen LogP contribution in [0.4, 0.5) is 10.2 Å². The summed E-state index contributed by atoms with van der Waals surface area (Å²) in [6.45, 7) is 11.2. The number of carbonyl (C=O) groups is 2. The number of benzene rings is 2. The summed E-state index contributed by atoms with van der Waals surface area (Å²) in [5, 5.41) is 7.78. The highest BCUT2D eigenvalue weighted by atomic mass is 32.2. The number of carbonyl (C=O) groups excluding carboxylic acids is 2. The Morgan fingerprint density at radius 2 is 1.90 bits per heavy atom. The number of aromatic nitrogens is 2. The first-order valence-corrected chi connectivity index (χ1v) is 14.2. The Bertz CT molecular complexity index is 1350. The molecule has 1 N–H and O–H groups in total. The molecule has 0 radical (unpaired) electrons. The number of aryl methyl sites for hydroxylation is 1. The molecule has 7 nitrogen and oxygen atoms in total. The molecule has 0 fully saturated rings.